The summed E-state index contributed by atoms with van der Waals surface area (Å²) in [5, 5.41) is 4.43. The Labute approximate surface area is 120 Å². The van der Waals surface area contributed by atoms with Gasteiger partial charge in [0.25, 0.3) is 5.91 Å². The predicted molar refractivity (Wildman–Crippen MR) is 80.9 cm³/mol. The van der Waals surface area contributed by atoms with Crippen LogP contribution in [-0.4, -0.2) is 11.9 Å². The summed E-state index contributed by atoms with van der Waals surface area (Å²) in [4.78, 5) is 12.8. The number of carbonyl (C=O) groups excluding carboxylic acids is 1. The van der Waals surface area contributed by atoms with Crippen molar-refractivity contribution < 1.29 is 4.79 Å². The van der Waals surface area contributed by atoms with Crippen molar-refractivity contribution >= 4 is 44.6 Å². The van der Waals surface area contributed by atoms with Gasteiger partial charge >= 0.3 is 0 Å². The van der Waals surface area contributed by atoms with Crippen molar-refractivity contribution in [1.29, 1.82) is 0 Å². The van der Waals surface area contributed by atoms with E-state index >= 15 is 0 Å². The summed E-state index contributed by atoms with van der Waals surface area (Å²) in [5.74, 6) is 0.554. The molecule has 5 heteroatoms. The first kappa shape index (κ1) is 12.8. The number of anilines is 1. The molecule has 3 nitrogen and oxygen atoms in total. The number of nitrogens with two attached hydrogens (primary N) is 1. The number of hydrogen-bond acceptors (Lipinski definition) is 3. The summed E-state index contributed by atoms with van der Waals surface area (Å²) in [6.45, 7) is 2.14. The SMILES string of the molecule is CCC1CC1NC(=O)c1sc2cccc(Cl)c2c1N. The lowest BCUT2D eigenvalue weighted by atomic mass is 10.2. The Bertz CT molecular complexity index is 652. The molecule has 2 atom stereocenters. The Morgan fingerprint density at radius 2 is 2.37 bits per heavy atom. The number of nitrogens with one attached hydrogen (secondary N) is 1. The van der Waals surface area contributed by atoms with E-state index in [4.69, 9.17) is 17.3 Å². The average Bonchev–Trinajstić information content (AvgIpc) is 3.04. The highest BCUT2D eigenvalue weighted by molar-refractivity contribution is 7.21. The maximum absolute atomic E-state index is 12.2. The van der Waals surface area contributed by atoms with Crippen LogP contribution in [0.15, 0.2) is 18.2 Å². The van der Waals surface area contributed by atoms with Gasteiger partial charge in [0.05, 0.1) is 10.7 Å². The maximum atomic E-state index is 12.2. The normalized spacial score (nSPS) is 21.6. The molecular weight excluding hydrogens is 280 g/mol. The minimum Gasteiger partial charge on any atom is -0.397 e. The number of rotatable bonds is 3. The fourth-order valence-electron chi connectivity index (χ4n) is 2.41. The van der Waals surface area contributed by atoms with Crippen molar-refractivity contribution in [3.05, 3.63) is 28.1 Å². The zero-order valence-electron chi connectivity index (χ0n) is 10.6. The van der Waals surface area contributed by atoms with Gasteiger partial charge in [-0.2, -0.15) is 0 Å². The van der Waals surface area contributed by atoms with Crippen LogP contribution in [0.25, 0.3) is 10.1 Å². The molecule has 0 saturated heterocycles. The van der Waals surface area contributed by atoms with Crippen molar-refractivity contribution in [2.45, 2.75) is 25.8 Å². The molecule has 3 N–H and O–H groups in total. The molecule has 100 valence electrons. The van der Waals surface area contributed by atoms with E-state index in [0.717, 1.165) is 22.9 Å². The summed E-state index contributed by atoms with van der Waals surface area (Å²) in [6.07, 6.45) is 2.19. The summed E-state index contributed by atoms with van der Waals surface area (Å²) in [5.41, 5.74) is 6.57. The molecule has 1 aromatic carbocycles. The molecule has 3 rings (SSSR count). The monoisotopic (exact) mass is 294 g/mol. The van der Waals surface area contributed by atoms with Crippen LogP contribution in [0.2, 0.25) is 5.02 Å². The Morgan fingerprint density at radius 1 is 1.58 bits per heavy atom. The van der Waals surface area contributed by atoms with Gasteiger partial charge in [0, 0.05) is 16.1 Å². The second kappa shape index (κ2) is 4.69. The van der Waals surface area contributed by atoms with E-state index in [9.17, 15) is 4.79 Å². The molecule has 1 amide bonds. The van der Waals surface area contributed by atoms with Gasteiger partial charge in [0.15, 0.2) is 0 Å². The van der Waals surface area contributed by atoms with Crippen molar-refractivity contribution in [2.75, 3.05) is 5.73 Å². The zero-order valence-corrected chi connectivity index (χ0v) is 12.1. The van der Waals surface area contributed by atoms with E-state index in [1.54, 1.807) is 6.07 Å². The predicted octanol–water partition coefficient (Wildman–Crippen LogP) is 3.67. The fourth-order valence-corrected chi connectivity index (χ4v) is 3.79. The third kappa shape index (κ3) is 2.19. The molecule has 1 saturated carbocycles. The van der Waals surface area contributed by atoms with Gasteiger partial charge in [-0.05, 0) is 24.5 Å². The van der Waals surface area contributed by atoms with Crippen molar-refractivity contribution in [1.82, 2.24) is 5.32 Å². The van der Waals surface area contributed by atoms with E-state index < -0.39 is 0 Å². The van der Waals surface area contributed by atoms with Crippen molar-refractivity contribution in [3.8, 4) is 0 Å². The van der Waals surface area contributed by atoms with Crippen molar-refractivity contribution in [2.24, 2.45) is 5.92 Å². The third-order valence-electron chi connectivity index (χ3n) is 3.67. The maximum Gasteiger partial charge on any atom is 0.263 e. The van der Waals surface area contributed by atoms with Crippen LogP contribution in [0, 0.1) is 5.92 Å². The second-order valence-electron chi connectivity index (χ2n) is 4.94. The number of amides is 1. The van der Waals surface area contributed by atoms with Crippen LogP contribution >= 0.6 is 22.9 Å². The molecule has 1 fully saturated rings. The van der Waals surface area contributed by atoms with E-state index in [1.807, 2.05) is 12.1 Å². The molecule has 2 aromatic rings. The molecule has 0 aliphatic heterocycles. The lowest BCUT2D eigenvalue weighted by molar-refractivity contribution is 0.0954. The Balaban J connectivity index is 1.90. The number of fused-ring (bicyclic) bond motifs is 1. The zero-order chi connectivity index (χ0) is 13.6. The summed E-state index contributed by atoms with van der Waals surface area (Å²) in [6, 6.07) is 5.92. The van der Waals surface area contributed by atoms with Crippen LogP contribution in [0.4, 0.5) is 5.69 Å². The number of hydrogen-bond donors (Lipinski definition) is 2. The summed E-state index contributed by atoms with van der Waals surface area (Å²) >= 11 is 7.54. The van der Waals surface area contributed by atoms with Crippen LogP contribution in [-0.2, 0) is 0 Å². The minimum atomic E-state index is -0.0734. The highest BCUT2D eigenvalue weighted by atomic mass is 35.5. The quantitative estimate of drug-likeness (QED) is 0.907. The Kier molecular flexibility index (Phi) is 3.15. The van der Waals surface area contributed by atoms with Gasteiger partial charge in [0.2, 0.25) is 0 Å². The molecule has 19 heavy (non-hydrogen) atoms. The first-order chi connectivity index (χ1) is 9.11. The lowest BCUT2D eigenvalue weighted by Crippen LogP contribution is -2.26. The van der Waals surface area contributed by atoms with Gasteiger partial charge in [-0.1, -0.05) is 31.0 Å². The van der Waals surface area contributed by atoms with Crippen LogP contribution < -0.4 is 11.1 Å². The van der Waals surface area contributed by atoms with Gasteiger partial charge in [-0.25, -0.2) is 0 Å². The number of nitrogen functional groups attached to an aromatic ring is 1. The lowest BCUT2D eigenvalue weighted by Gasteiger charge is -2.03. The molecular formula is C14H15ClN2OS. The molecule has 2 unspecified atom stereocenters. The topological polar surface area (TPSA) is 55.1 Å². The van der Waals surface area contributed by atoms with E-state index in [0.29, 0.717) is 27.5 Å². The van der Waals surface area contributed by atoms with Gasteiger partial charge in [-0.3, -0.25) is 4.79 Å². The number of carbonyl (C=O) groups is 1. The van der Waals surface area contributed by atoms with Gasteiger partial charge in [0.1, 0.15) is 4.88 Å². The summed E-state index contributed by atoms with van der Waals surface area (Å²) < 4.78 is 0.956. The molecule has 0 spiro atoms. The Morgan fingerprint density at radius 3 is 3.00 bits per heavy atom. The van der Waals surface area contributed by atoms with Gasteiger partial charge < -0.3 is 11.1 Å². The first-order valence-electron chi connectivity index (χ1n) is 6.39. The second-order valence-corrected chi connectivity index (χ2v) is 6.40. The fraction of sp³-hybridized carbons (Fsp3) is 0.357. The average molecular weight is 295 g/mol. The van der Waals surface area contributed by atoms with Crippen molar-refractivity contribution in [3.63, 3.8) is 0 Å². The molecule has 1 aliphatic carbocycles. The molecule has 1 heterocycles. The minimum absolute atomic E-state index is 0.0734. The highest BCUT2D eigenvalue weighted by Crippen LogP contribution is 2.39. The van der Waals surface area contributed by atoms with E-state index in [1.165, 1.54) is 11.3 Å². The number of halogens is 1. The largest absolute Gasteiger partial charge is 0.397 e. The number of benzene rings is 1. The number of thiophene rings is 1. The van der Waals surface area contributed by atoms with Crippen LogP contribution in [0.3, 0.4) is 0 Å². The molecule has 1 aromatic heterocycles. The Hall–Kier alpha value is -1.26. The van der Waals surface area contributed by atoms with Gasteiger partial charge in [-0.15, -0.1) is 11.3 Å². The van der Waals surface area contributed by atoms with Crippen LogP contribution in [0.1, 0.15) is 29.4 Å². The van der Waals surface area contributed by atoms with E-state index in [-0.39, 0.29) is 5.91 Å². The smallest absolute Gasteiger partial charge is 0.263 e. The van der Waals surface area contributed by atoms with Crippen LogP contribution in [0.5, 0.6) is 0 Å². The molecule has 0 radical (unpaired) electrons. The molecule has 1 aliphatic rings. The molecule has 0 bridgehead atoms. The van der Waals surface area contributed by atoms with E-state index in [2.05, 4.69) is 12.2 Å². The third-order valence-corrected chi connectivity index (χ3v) is 5.16. The summed E-state index contributed by atoms with van der Waals surface area (Å²) in [7, 11) is 0. The first-order valence-corrected chi connectivity index (χ1v) is 7.58. The highest BCUT2D eigenvalue weighted by Gasteiger charge is 2.37. The standard InChI is InChI=1S/C14H15ClN2OS/c1-2-7-6-9(7)17-14(18)13-12(16)11-8(15)4-3-5-10(11)19-13/h3-5,7,9H,2,6,16H2,1H3,(H,17,18).